The number of rotatable bonds is 3. The SMILES string of the molecule is C=Cc1cc(C)c(Cc2nc3ccc(C#N)cc3[nH]2)c2cc[nH]c12. The van der Waals surface area contributed by atoms with Crippen molar-refractivity contribution in [2.24, 2.45) is 0 Å². The van der Waals surface area contributed by atoms with E-state index in [1.54, 1.807) is 6.07 Å². The molecule has 116 valence electrons. The Balaban J connectivity index is 1.82. The summed E-state index contributed by atoms with van der Waals surface area (Å²) in [5.74, 6) is 0.900. The summed E-state index contributed by atoms with van der Waals surface area (Å²) in [7, 11) is 0. The first-order chi connectivity index (χ1) is 11.7. The van der Waals surface area contributed by atoms with Crippen molar-refractivity contribution in [1.82, 2.24) is 15.0 Å². The fourth-order valence-electron chi connectivity index (χ4n) is 3.24. The van der Waals surface area contributed by atoms with Crippen molar-refractivity contribution in [3.63, 3.8) is 0 Å². The molecular weight excluding hydrogens is 296 g/mol. The van der Waals surface area contributed by atoms with E-state index in [1.807, 2.05) is 24.4 Å². The molecule has 24 heavy (non-hydrogen) atoms. The molecule has 4 heteroatoms. The first kappa shape index (κ1) is 14.3. The Labute approximate surface area is 139 Å². The number of H-pyrrole nitrogens is 2. The van der Waals surface area contributed by atoms with E-state index in [9.17, 15) is 0 Å². The van der Waals surface area contributed by atoms with Gasteiger partial charge in [-0.05, 0) is 53.9 Å². The molecule has 0 bridgehead atoms. The predicted octanol–water partition coefficient (Wildman–Crippen LogP) is 4.46. The summed E-state index contributed by atoms with van der Waals surface area (Å²) in [5.41, 5.74) is 7.10. The molecule has 4 aromatic rings. The van der Waals surface area contributed by atoms with Crippen LogP contribution in [0.2, 0.25) is 0 Å². The maximum atomic E-state index is 9.02. The lowest BCUT2D eigenvalue weighted by atomic mass is 9.97. The number of hydrogen-bond acceptors (Lipinski definition) is 2. The van der Waals surface area contributed by atoms with Gasteiger partial charge in [0.1, 0.15) is 5.82 Å². The number of hydrogen-bond donors (Lipinski definition) is 2. The van der Waals surface area contributed by atoms with Crippen LogP contribution in [0.1, 0.15) is 28.1 Å². The van der Waals surface area contributed by atoms with Gasteiger partial charge in [0.2, 0.25) is 0 Å². The number of fused-ring (bicyclic) bond motifs is 2. The summed E-state index contributed by atoms with van der Waals surface area (Å²) in [6.07, 6.45) is 4.55. The van der Waals surface area contributed by atoms with Gasteiger partial charge >= 0.3 is 0 Å². The van der Waals surface area contributed by atoms with Crippen LogP contribution < -0.4 is 0 Å². The largest absolute Gasteiger partial charge is 0.361 e. The number of aromatic amines is 2. The molecule has 0 spiro atoms. The van der Waals surface area contributed by atoms with Crippen molar-refractivity contribution in [3.8, 4) is 6.07 Å². The maximum Gasteiger partial charge on any atom is 0.111 e. The molecule has 0 aliphatic heterocycles. The van der Waals surface area contributed by atoms with Crippen molar-refractivity contribution in [2.75, 3.05) is 0 Å². The van der Waals surface area contributed by atoms with Crippen LogP contribution in [0.15, 0.2) is 43.1 Å². The second kappa shape index (κ2) is 5.39. The monoisotopic (exact) mass is 312 g/mol. The fourth-order valence-corrected chi connectivity index (χ4v) is 3.24. The van der Waals surface area contributed by atoms with Crippen LogP contribution in [0.5, 0.6) is 0 Å². The molecular formula is C20H16N4. The van der Waals surface area contributed by atoms with Crippen LogP contribution in [-0.4, -0.2) is 15.0 Å². The maximum absolute atomic E-state index is 9.02. The Kier molecular flexibility index (Phi) is 3.21. The lowest BCUT2D eigenvalue weighted by Crippen LogP contribution is -1.96. The second-order valence-corrected chi connectivity index (χ2v) is 5.94. The Morgan fingerprint density at radius 1 is 1.29 bits per heavy atom. The molecule has 2 N–H and O–H groups in total. The third-order valence-electron chi connectivity index (χ3n) is 4.43. The molecule has 0 fully saturated rings. The second-order valence-electron chi connectivity index (χ2n) is 5.94. The van der Waals surface area contributed by atoms with Gasteiger partial charge in [0.25, 0.3) is 0 Å². The van der Waals surface area contributed by atoms with Gasteiger partial charge in [0.05, 0.1) is 28.2 Å². The Morgan fingerprint density at radius 2 is 2.17 bits per heavy atom. The van der Waals surface area contributed by atoms with Crippen LogP contribution in [0.3, 0.4) is 0 Å². The van der Waals surface area contributed by atoms with E-state index >= 15 is 0 Å². The zero-order valence-electron chi connectivity index (χ0n) is 13.4. The minimum atomic E-state index is 0.636. The zero-order chi connectivity index (χ0) is 16.7. The summed E-state index contributed by atoms with van der Waals surface area (Å²) < 4.78 is 0. The topological polar surface area (TPSA) is 68.3 Å². The number of aryl methyl sites for hydroxylation is 1. The van der Waals surface area contributed by atoms with Crippen LogP contribution in [-0.2, 0) is 6.42 Å². The minimum absolute atomic E-state index is 0.636. The number of nitrogens with one attached hydrogen (secondary N) is 2. The number of nitriles is 1. The van der Waals surface area contributed by atoms with E-state index in [4.69, 9.17) is 5.26 Å². The van der Waals surface area contributed by atoms with E-state index in [0.29, 0.717) is 12.0 Å². The molecule has 0 atom stereocenters. The number of aromatic nitrogens is 3. The van der Waals surface area contributed by atoms with Gasteiger partial charge in [-0.3, -0.25) is 0 Å². The third-order valence-corrected chi connectivity index (χ3v) is 4.43. The molecule has 0 aliphatic rings. The summed E-state index contributed by atoms with van der Waals surface area (Å²) in [6, 6.07) is 11.9. The first-order valence-electron chi connectivity index (χ1n) is 7.80. The molecule has 2 aromatic carbocycles. The Bertz CT molecular complexity index is 1120. The highest BCUT2D eigenvalue weighted by Crippen LogP contribution is 2.28. The van der Waals surface area contributed by atoms with Crippen molar-refractivity contribution in [2.45, 2.75) is 13.3 Å². The highest BCUT2D eigenvalue weighted by Gasteiger charge is 2.12. The normalized spacial score (nSPS) is 11.0. The zero-order valence-corrected chi connectivity index (χ0v) is 13.4. The predicted molar refractivity (Wildman–Crippen MR) is 96.7 cm³/mol. The smallest absolute Gasteiger partial charge is 0.111 e. The van der Waals surface area contributed by atoms with Crippen molar-refractivity contribution in [1.29, 1.82) is 5.26 Å². The molecule has 0 unspecified atom stereocenters. The van der Waals surface area contributed by atoms with Gasteiger partial charge in [-0.25, -0.2) is 4.98 Å². The first-order valence-corrected chi connectivity index (χ1v) is 7.80. The highest BCUT2D eigenvalue weighted by atomic mass is 14.9. The highest BCUT2D eigenvalue weighted by molar-refractivity contribution is 5.91. The van der Waals surface area contributed by atoms with Crippen molar-refractivity contribution in [3.05, 3.63) is 71.2 Å². The molecule has 2 aromatic heterocycles. The summed E-state index contributed by atoms with van der Waals surface area (Å²) in [6.45, 7) is 6.01. The third kappa shape index (κ3) is 2.19. The lowest BCUT2D eigenvalue weighted by Gasteiger charge is -2.09. The molecule has 4 rings (SSSR count). The van der Waals surface area contributed by atoms with E-state index in [-0.39, 0.29) is 0 Å². The van der Waals surface area contributed by atoms with Crippen LogP contribution in [0.4, 0.5) is 0 Å². The molecule has 0 saturated heterocycles. The van der Waals surface area contributed by atoms with E-state index in [1.165, 1.54) is 16.5 Å². The van der Waals surface area contributed by atoms with Gasteiger partial charge in [-0.2, -0.15) is 5.26 Å². The summed E-state index contributed by atoms with van der Waals surface area (Å²) in [5, 5.41) is 10.2. The van der Waals surface area contributed by atoms with E-state index < -0.39 is 0 Å². The summed E-state index contributed by atoms with van der Waals surface area (Å²) >= 11 is 0. The van der Waals surface area contributed by atoms with Crippen molar-refractivity contribution < 1.29 is 0 Å². The quantitative estimate of drug-likeness (QED) is 0.586. The number of benzene rings is 2. The van der Waals surface area contributed by atoms with Gasteiger partial charge in [-0.15, -0.1) is 0 Å². The van der Waals surface area contributed by atoms with Gasteiger partial charge < -0.3 is 9.97 Å². The molecule has 0 radical (unpaired) electrons. The van der Waals surface area contributed by atoms with Crippen LogP contribution in [0.25, 0.3) is 28.0 Å². The molecule has 0 saturated carbocycles. The fraction of sp³-hybridized carbons (Fsp3) is 0.100. The van der Waals surface area contributed by atoms with E-state index in [0.717, 1.165) is 27.9 Å². The van der Waals surface area contributed by atoms with Gasteiger partial charge in [0, 0.05) is 18.0 Å². The standard InChI is InChI=1S/C20H16N4/c1-3-14-8-12(2)16(15-6-7-22-20(14)15)10-19-23-17-5-4-13(11-21)9-18(17)24-19/h3-9,22H,1,10H2,2H3,(H,23,24). The molecule has 0 amide bonds. The summed E-state index contributed by atoms with van der Waals surface area (Å²) in [4.78, 5) is 11.3. The number of nitrogens with zero attached hydrogens (tertiary/aromatic N) is 2. The average molecular weight is 312 g/mol. The Morgan fingerprint density at radius 3 is 2.96 bits per heavy atom. The molecule has 0 aliphatic carbocycles. The minimum Gasteiger partial charge on any atom is -0.361 e. The van der Waals surface area contributed by atoms with Crippen LogP contribution >= 0.6 is 0 Å². The van der Waals surface area contributed by atoms with E-state index in [2.05, 4.69) is 46.7 Å². The average Bonchev–Trinajstić information content (AvgIpc) is 3.22. The Hall–Kier alpha value is -3.32. The lowest BCUT2D eigenvalue weighted by molar-refractivity contribution is 1.04. The van der Waals surface area contributed by atoms with Gasteiger partial charge in [0.15, 0.2) is 0 Å². The van der Waals surface area contributed by atoms with Crippen LogP contribution in [0, 0.1) is 18.3 Å². The number of imidazole rings is 1. The van der Waals surface area contributed by atoms with Crippen molar-refractivity contribution >= 4 is 28.0 Å². The van der Waals surface area contributed by atoms with Gasteiger partial charge in [-0.1, -0.05) is 12.7 Å². The molecule has 2 heterocycles. The molecule has 4 nitrogen and oxygen atoms in total.